The molecule has 2 heterocycles. The van der Waals surface area contributed by atoms with Crippen molar-refractivity contribution in [3.8, 4) is 0 Å². The van der Waals surface area contributed by atoms with Gasteiger partial charge in [0, 0.05) is 44.6 Å². The average molecular weight is 181 g/mol. The number of nitrogens with zero attached hydrogens (tertiary/aromatic N) is 2. The molecule has 0 spiro atoms. The molecule has 0 radical (unpaired) electrons. The van der Waals surface area contributed by atoms with Crippen LogP contribution >= 0.6 is 0 Å². The lowest BCUT2D eigenvalue weighted by atomic mass is 10.1. The van der Waals surface area contributed by atoms with Crippen LogP contribution in [0.5, 0.6) is 0 Å². The summed E-state index contributed by atoms with van der Waals surface area (Å²) in [6, 6.07) is 0. The molecule has 0 aliphatic carbocycles. The molecular weight excluding hydrogens is 162 g/mol. The first-order valence-electron chi connectivity index (χ1n) is 5.22. The van der Waals surface area contributed by atoms with Gasteiger partial charge in [0.05, 0.1) is 0 Å². The molecule has 0 aromatic carbocycles. The van der Waals surface area contributed by atoms with Crippen molar-refractivity contribution in [2.24, 2.45) is 0 Å². The fourth-order valence-electron chi connectivity index (χ4n) is 1.98. The summed E-state index contributed by atoms with van der Waals surface area (Å²) >= 11 is 0. The molecule has 2 aliphatic heterocycles. The molecule has 0 aromatic rings. The molecule has 0 bridgehead atoms. The van der Waals surface area contributed by atoms with Crippen molar-refractivity contribution in [2.75, 3.05) is 39.8 Å². The summed E-state index contributed by atoms with van der Waals surface area (Å²) in [5.74, 6) is 0. The quantitative estimate of drug-likeness (QED) is 0.634. The maximum atomic E-state index is 3.33. The Kier molecular flexibility index (Phi) is 2.74. The van der Waals surface area contributed by atoms with Crippen molar-refractivity contribution in [3.63, 3.8) is 0 Å². The SMILES string of the molecule is CN1CCN(C2=CNCCC2)CC1. The molecule has 0 unspecified atom stereocenters. The normalized spacial score (nSPS) is 25.3. The predicted octanol–water partition coefficient (Wildman–Crippen LogP) is 0.459. The van der Waals surface area contributed by atoms with E-state index in [1.807, 2.05) is 0 Å². The van der Waals surface area contributed by atoms with Gasteiger partial charge in [-0.1, -0.05) is 0 Å². The third-order valence-corrected chi connectivity index (χ3v) is 2.93. The molecule has 1 fully saturated rings. The minimum atomic E-state index is 1.15. The Hall–Kier alpha value is -0.700. The zero-order valence-corrected chi connectivity index (χ0v) is 8.42. The minimum absolute atomic E-state index is 1.15. The van der Waals surface area contributed by atoms with E-state index in [0.717, 1.165) is 6.54 Å². The molecule has 0 atom stereocenters. The van der Waals surface area contributed by atoms with Gasteiger partial charge in [-0.05, 0) is 19.9 Å². The fraction of sp³-hybridized carbons (Fsp3) is 0.800. The number of hydrogen-bond acceptors (Lipinski definition) is 3. The van der Waals surface area contributed by atoms with Crippen LogP contribution in [0.2, 0.25) is 0 Å². The van der Waals surface area contributed by atoms with E-state index in [9.17, 15) is 0 Å². The van der Waals surface area contributed by atoms with E-state index in [1.54, 1.807) is 0 Å². The summed E-state index contributed by atoms with van der Waals surface area (Å²) in [6.07, 6.45) is 4.75. The summed E-state index contributed by atoms with van der Waals surface area (Å²) in [6.45, 7) is 5.96. The number of likely N-dealkylation sites (N-methyl/N-ethyl adjacent to an activating group) is 1. The van der Waals surface area contributed by atoms with E-state index in [0.29, 0.717) is 0 Å². The van der Waals surface area contributed by atoms with E-state index >= 15 is 0 Å². The maximum Gasteiger partial charge on any atom is 0.0303 e. The summed E-state index contributed by atoms with van der Waals surface area (Å²) in [5.41, 5.74) is 1.51. The highest BCUT2D eigenvalue weighted by molar-refractivity contribution is 5.04. The summed E-state index contributed by atoms with van der Waals surface area (Å²) in [7, 11) is 2.20. The first-order valence-corrected chi connectivity index (χ1v) is 5.22. The molecule has 3 heteroatoms. The molecule has 74 valence electrons. The van der Waals surface area contributed by atoms with Crippen LogP contribution in [0.4, 0.5) is 0 Å². The Morgan fingerprint density at radius 3 is 2.62 bits per heavy atom. The van der Waals surface area contributed by atoms with Crippen LogP contribution in [-0.2, 0) is 0 Å². The Bertz CT molecular complexity index is 192. The molecule has 1 N–H and O–H groups in total. The van der Waals surface area contributed by atoms with E-state index in [1.165, 1.54) is 44.7 Å². The van der Waals surface area contributed by atoms with Gasteiger partial charge in [0.2, 0.25) is 0 Å². The lowest BCUT2D eigenvalue weighted by Crippen LogP contribution is -2.44. The molecule has 2 aliphatic rings. The molecular formula is C10H19N3. The lowest BCUT2D eigenvalue weighted by Gasteiger charge is -2.36. The van der Waals surface area contributed by atoms with E-state index in [4.69, 9.17) is 0 Å². The monoisotopic (exact) mass is 181 g/mol. The van der Waals surface area contributed by atoms with Gasteiger partial charge in [0.25, 0.3) is 0 Å². The van der Waals surface area contributed by atoms with Gasteiger partial charge in [-0.15, -0.1) is 0 Å². The zero-order chi connectivity index (χ0) is 9.10. The van der Waals surface area contributed by atoms with Gasteiger partial charge in [0.15, 0.2) is 0 Å². The lowest BCUT2D eigenvalue weighted by molar-refractivity contribution is 0.179. The van der Waals surface area contributed by atoms with Crippen LogP contribution in [0, 0.1) is 0 Å². The highest BCUT2D eigenvalue weighted by Gasteiger charge is 2.16. The topological polar surface area (TPSA) is 18.5 Å². The molecule has 0 amide bonds. The first-order chi connectivity index (χ1) is 6.36. The highest BCUT2D eigenvalue weighted by atomic mass is 15.3. The van der Waals surface area contributed by atoms with Crippen LogP contribution < -0.4 is 5.32 Å². The van der Waals surface area contributed by atoms with Crippen molar-refractivity contribution < 1.29 is 0 Å². The number of nitrogens with one attached hydrogen (secondary N) is 1. The second kappa shape index (κ2) is 4.01. The highest BCUT2D eigenvalue weighted by Crippen LogP contribution is 2.15. The van der Waals surface area contributed by atoms with Gasteiger partial charge in [0.1, 0.15) is 0 Å². The molecule has 1 saturated heterocycles. The molecule has 13 heavy (non-hydrogen) atoms. The largest absolute Gasteiger partial charge is 0.389 e. The Morgan fingerprint density at radius 2 is 2.00 bits per heavy atom. The minimum Gasteiger partial charge on any atom is -0.389 e. The predicted molar refractivity (Wildman–Crippen MR) is 54.4 cm³/mol. The standard InChI is InChI=1S/C10H19N3/c1-12-5-7-13(8-6-12)10-3-2-4-11-9-10/h9,11H,2-8H2,1H3. The van der Waals surface area contributed by atoms with E-state index < -0.39 is 0 Å². The van der Waals surface area contributed by atoms with Crippen molar-refractivity contribution in [3.05, 3.63) is 11.9 Å². The number of allylic oxidation sites excluding steroid dienone is 1. The van der Waals surface area contributed by atoms with Gasteiger partial charge in [-0.3, -0.25) is 0 Å². The number of rotatable bonds is 1. The van der Waals surface area contributed by atoms with Crippen LogP contribution in [0.1, 0.15) is 12.8 Å². The Labute approximate surface area is 80.4 Å². The van der Waals surface area contributed by atoms with Crippen molar-refractivity contribution in [1.29, 1.82) is 0 Å². The van der Waals surface area contributed by atoms with Gasteiger partial charge < -0.3 is 15.1 Å². The molecule has 3 nitrogen and oxygen atoms in total. The van der Waals surface area contributed by atoms with Crippen molar-refractivity contribution in [2.45, 2.75) is 12.8 Å². The van der Waals surface area contributed by atoms with Gasteiger partial charge >= 0.3 is 0 Å². The van der Waals surface area contributed by atoms with Crippen LogP contribution in [0.3, 0.4) is 0 Å². The number of hydrogen-bond donors (Lipinski definition) is 1. The second-order valence-electron chi connectivity index (χ2n) is 3.98. The van der Waals surface area contributed by atoms with Gasteiger partial charge in [-0.25, -0.2) is 0 Å². The van der Waals surface area contributed by atoms with Gasteiger partial charge in [-0.2, -0.15) is 0 Å². The smallest absolute Gasteiger partial charge is 0.0303 e. The third-order valence-electron chi connectivity index (χ3n) is 2.93. The summed E-state index contributed by atoms with van der Waals surface area (Å²) in [5, 5.41) is 3.33. The third kappa shape index (κ3) is 2.15. The van der Waals surface area contributed by atoms with Crippen molar-refractivity contribution in [1.82, 2.24) is 15.1 Å². The average Bonchev–Trinajstić information content (AvgIpc) is 2.20. The van der Waals surface area contributed by atoms with E-state index in [2.05, 4.69) is 28.4 Å². The Balaban J connectivity index is 1.89. The summed E-state index contributed by atoms with van der Waals surface area (Å²) < 4.78 is 0. The zero-order valence-electron chi connectivity index (χ0n) is 8.42. The maximum absolute atomic E-state index is 3.33. The fourth-order valence-corrected chi connectivity index (χ4v) is 1.98. The molecule has 0 saturated carbocycles. The summed E-state index contributed by atoms with van der Waals surface area (Å²) in [4.78, 5) is 4.92. The first kappa shape index (κ1) is 8.88. The van der Waals surface area contributed by atoms with Crippen LogP contribution in [-0.4, -0.2) is 49.6 Å². The van der Waals surface area contributed by atoms with Crippen LogP contribution in [0.25, 0.3) is 0 Å². The molecule has 2 rings (SSSR count). The van der Waals surface area contributed by atoms with E-state index in [-0.39, 0.29) is 0 Å². The van der Waals surface area contributed by atoms with Crippen molar-refractivity contribution >= 4 is 0 Å². The molecule has 0 aromatic heterocycles. The van der Waals surface area contributed by atoms with Crippen LogP contribution in [0.15, 0.2) is 11.9 Å². The Morgan fingerprint density at radius 1 is 1.23 bits per heavy atom. The number of piperazine rings is 1. The second-order valence-corrected chi connectivity index (χ2v) is 3.98.